The highest BCUT2D eigenvalue weighted by atomic mass is 19.4. The van der Waals surface area contributed by atoms with E-state index in [2.05, 4.69) is 10.1 Å². The molecule has 0 N–H and O–H groups in total. The van der Waals surface area contributed by atoms with Gasteiger partial charge in [0.05, 0.1) is 23.7 Å². The molecule has 1 aliphatic heterocycles. The molecule has 5 nitrogen and oxygen atoms in total. The molecule has 3 rings (SSSR count). The lowest BCUT2D eigenvalue weighted by molar-refractivity contribution is -0.137. The molecule has 1 atom stereocenters. The Bertz CT molecular complexity index is 822. The zero-order valence-corrected chi connectivity index (χ0v) is 16.2. The molecule has 1 aliphatic rings. The smallest absolute Gasteiger partial charge is 0.361 e. The van der Waals surface area contributed by atoms with Gasteiger partial charge in [-0.25, -0.2) is 4.98 Å². The third kappa shape index (κ3) is 4.54. The van der Waals surface area contributed by atoms with Gasteiger partial charge in [0.1, 0.15) is 11.6 Å². The number of hydrogen-bond acceptors (Lipinski definition) is 5. The first-order chi connectivity index (χ1) is 13.1. The number of pyridine rings is 1. The van der Waals surface area contributed by atoms with Crippen LogP contribution in [0.15, 0.2) is 28.9 Å². The van der Waals surface area contributed by atoms with Crippen LogP contribution < -0.4 is 4.90 Å². The SMILES string of the molecule is CC(C)(C)c1cc(CC(=O)[C@@H]2CCCCN2c2ccc(C(F)(F)F)cn2)no1. The van der Waals surface area contributed by atoms with Gasteiger partial charge in [0.15, 0.2) is 5.78 Å². The number of anilines is 1. The lowest BCUT2D eigenvalue weighted by Gasteiger charge is -2.35. The normalized spacial score (nSPS) is 18.4. The maximum Gasteiger partial charge on any atom is 0.417 e. The van der Waals surface area contributed by atoms with E-state index in [0.29, 0.717) is 30.2 Å². The number of piperidine rings is 1. The summed E-state index contributed by atoms with van der Waals surface area (Å²) in [5.74, 6) is 1.07. The second-order valence-corrected chi connectivity index (χ2v) is 8.18. The number of rotatable bonds is 4. The number of ketones is 1. The van der Waals surface area contributed by atoms with Gasteiger partial charge in [-0.05, 0) is 31.4 Å². The zero-order chi connectivity index (χ0) is 20.5. The van der Waals surface area contributed by atoms with E-state index >= 15 is 0 Å². The predicted molar refractivity (Wildman–Crippen MR) is 98.1 cm³/mol. The van der Waals surface area contributed by atoms with Crippen molar-refractivity contribution in [2.75, 3.05) is 11.4 Å². The van der Waals surface area contributed by atoms with Gasteiger partial charge in [0.25, 0.3) is 0 Å². The summed E-state index contributed by atoms with van der Waals surface area (Å²) in [5, 5.41) is 4.00. The molecular formula is C20H24F3N3O2. The molecule has 0 spiro atoms. The molecule has 0 aliphatic carbocycles. The van der Waals surface area contributed by atoms with Crippen LogP contribution in [-0.2, 0) is 22.8 Å². The summed E-state index contributed by atoms with van der Waals surface area (Å²) >= 11 is 0. The van der Waals surface area contributed by atoms with Crippen molar-refractivity contribution in [1.82, 2.24) is 10.1 Å². The molecular weight excluding hydrogens is 371 g/mol. The van der Waals surface area contributed by atoms with E-state index in [1.165, 1.54) is 6.07 Å². The summed E-state index contributed by atoms with van der Waals surface area (Å²) < 4.78 is 43.7. The highest BCUT2D eigenvalue weighted by molar-refractivity contribution is 5.88. The highest BCUT2D eigenvalue weighted by Gasteiger charge is 2.33. The molecule has 3 heterocycles. The summed E-state index contributed by atoms with van der Waals surface area (Å²) in [6, 6.07) is 3.71. The highest BCUT2D eigenvalue weighted by Crippen LogP contribution is 2.31. The van der Waals surface area contributed by atoms with Gasteiger partial charge in [-0.2, -0.15) is 13.2 Å². The molecule has 152 valence electrons. The molecule has 2 aromatic heterocycles. The number of alkyl halides is 3. The van der Waals surface area contributed by atoms with Crippen LogP contribution in [0.2, 0.25) is 0 Å². The Labute approximate surface area is 161 Å². The fourth-order valence-electron chi connectivity index (χ4n) is 3.31. The van der Waals surface area contributed by atoms with Crippen LogP contribution in [-0.4, -0.2) is 28.5 Å². The van der Waals surface area contributed by atoms with E-state index in [1.54, 1.807) is 11.0 Å². The Kier molecular flexibility index (Phi) is 5.50. The van der Waals surface area contributed by atoms with Gasteiger partial charge >= 0.3 is 6.18 Å². The summed E-state index contributed by atoms with van der Waals surface area (Å²) in [6.45, 7) is 6.58. The maximum atomic E-state index is 12.9. The van der Waals surface area contributed by atoms with Gasteiger partial charge in [0, 0.05) is 24.2 Å². The van der Waals surface area contributed by atoms with Crippen LogP contribution in [0.4, 0.5) is 19.0 Å². The molecule has 0 bridgehead atoms. The molecule has 8 heteroatoms. The molecule has 0 unspecified atom stereocenters. The van der Waals surface area contributed by atoms with E-state index in [9.17, 15) is 18.0 Å². The second-order valence-electron chi connectivity index (χ2n) is 8.18. The predicted octanol–water partition coefficient (Wildman–Crippen LogP) is 4.56. The second kappa shape index (κ2) is 7.56. The molecule has 0 saturated carbocycles. The number of halogens is 3. The Morgan fingerprint density at radius 1 is 1.25 bits per heavy atom. The lowest BCUT2D eigenvalue weighted by Crippen LogP contribution is -2.46. The number of aromatic nitrogens is 2. The van der Waals surface area contributed by atoms with Crippen molar-refractivity contribution >= 4 is 11.6 Å². The molecule has 1 saturated heterocycles. The standard InChI is InChI=1S/C20H24F3N3O2/c1-19(2,3)17-11-14(25-28-17)10-16(27)15-6-4-5-9-26(15)18-8-7-13(12-24-18)20(21,22)23/h7-8,11-12,15H,4-6,9-10H2,1-3H3/t15-/m0/s1. The zero-order valence-electron chi connectivity index (χ0n) is 16.2. The van der Waals surface area contributed by atoms with Crippen molar-refractivity contribution < 1.29 is 22.5 Å². The monoisotopic (exact) mass is 395 g/mol. The molecule has 2 aromatic rings. The number of carbonyl (C=O) groups excluding carboxylic acids is 1. The van der Waals surface area contributed by atoms with E-state index in [0.717, 1.165) is 25.1 Å². The maximum absolute atomic E-state index is 12.9. The van der Waals surface area contributed by atoms with Crippen LogP contribution >= 0.6 is 0 Å². The van der Waals surface area contributed by atoms with Gasteiger partial charge < -0.3 is 9.42 Å². The fraction of sp³-hybridized carbons (Fsp3) is 0.550. The third-order valence-corrected chi connectivity index (χ3v) is 4.90. The summed E-state index contributed by atoms with van der Waals surface area (Å²) in [4.78, 5) is 18.7. The van der Waals surface area contributed by atoms with Crippen LogP contribution in [0.25, 0.3) is 0 Å². The van der Waals surface area contributed by atoms with Crippen molar-refractivity contribution in [1.29, 1.82) is 0 Å². The average Bonchev–Trinajstić information content (AvgIpc) is 3.10. The van der Waals surface area contributed by atoms with Crippen LogP contribution in [0.1, 0.15) is 57.1 Å². The van der Waals surface area contributed by atoms with Crippen molar-refractivity contribution in [2.24, 2.45) is 0 Å². The molecule has 0 radical (unpaired) electrons. The van der Waals surface area contributed by atoms with Crippen LogP contribution in [0.5, 0.6) is 0 Å². The van der Waals surface area contributed by atoms with Gasteiger partial charge in [-0.1, -0.05) is 25.9 Å². The van der Waals surface area contributed by atoms with E-state index in [1.807, 2.05) is 20.8 Å². The van der Waals surface area contributed by atoms with Crippen molar-refractivity contribution in [3.63, 3.8) is 0 Å². The van der Waals surface area contributed by atoms with E-state index in [-0.39, 0.29) is 17.6 Å². The minimum absolute atomic E-state index is 0.0323. The Hall–Kier alpha value is -2.38. The minimum Gasteiger partial charge on any atom is -0.361 e. The average molecular weight is 395 g/mol. The molecule has 0 amide bonds. The molecule has 28 heavy (non-hydrogen) atoms. The Morgan fingerprint density at radius 2 is 2.00 bits per heavy atom. The first-order valence-electron chi connectivity index (χ1n) is 9.34. The van der Waals surface area contributed by atoms with Gasteiger partial charge in [0.2, 0.25) is 0 Å². The molecule has 0 aromatic carbocycles. The van der Waals surface area contributed by atoms with Gasteiger partial charge in [-0.3, -0.25) is 4.79 Å². The molecule has 1 fully saturated rings. The van der Waals surface area contributed by atoms with E-state index in [4.69, 9.17) is 4.52 Å². The third-order valence-electron chi connectivity index (χ3n) is 4.90. The quantitative estimate of drug-likeness (QED) is 0.760. The lowest BCUT2D eigenvalue weighted by atomic mass is 9.92. The summed E-state index contributed by atoms with van der Waals surface area (Å²) in [7, 11) is 0. The van der Waals surface area contributed by atoms with Crippen molar-refractivity contribution in [3.8, 4) is 0 Å². The number of carbonyl (C=O) groups is 1. The number of nitrogens with zero attached hydrogens (tertiary/aromatic N) is 3. The van der Waals surface area contributed by atoms with Crippen LogP contribution in [0.3, 0.4) is 0 Å². The minimum atomic E-state index is -4.43. The summed E-state index contributed by atoms with van der Waals surface area (Å²) in [5.41, 5.74) is -0.427. The number of Topliss-reactive ketones (excluding diaryl/α,β-unsaturated/α-hetero) is 1. The summed E-state index contributed by atoms with van der Waals surface area (Å²) in [6.07, 6.45) is -1.09. The Morgan fingerprint density at radius 3 is 2.57 bits per heavy atom. The largest absolute Gasteiger partial charge is 0.417 e. The number of hydrogen-bond donors (Lipinski definition) is 0. The first kappa shape index (κ1) is 20.4. The van der Waals surface area contributed by atoms with Crippen molar-refractivity contribution in [3.05, 3.63) is 41.4 Å². The Balaban J connectivity index is 1.75. The van der Waals surface area contributed by atoms with Crippen molar-refractivity contribution in [2.45, 2.75) is 64.1 Å². The van der Waals surface area contributed by atoms with Crippen LogP contribution in [0, 0.1) is 0 Å². The van der Waals surface area contributed by atoms with Gasteiger partial charge in [-0.15, -0.1) is 0 Å². The topological polar surface area (TPSA) is 59.2 Å². The first-order valence-corrected chi connectivity index (χ1v) is 9.34. The van der Waals surface area contributed by atoms with E-state index < -0.39 is 17.8 Å². The fourth-order valence-corrected chi connectivity index (χ4v) is 3.31.